The average molecular weight is 483 g/mol. The summed E-state index contributed by atoms with van der Waals surface area (Å²) in [5.41, 5.74) is 4.82. The van der Waals surface area contributed by atoms with Gasteiger partial charge in [0.2, 0.25) is 0 Å². The van der Waals surface area contributed by atoms with Crippen LogP contribution in [0.1, 0.15) is 48.5 Å². The number of para-hydroxylation sites is 1. The molecule has 1 spiro atoms. The molecule has 0 bridgehead atoms. The molecule has 0 saturated heterocycles. The molecule has 6 rings (SSSR count). The number of carbonyl (C=O) groups excluding carboxylic acids is 1. The second-order valence-corrected chi connectivity index (χ2v) is 10.8. The minimum Gasteiger partial charge on any atom is -0.496 e. The first-order valence-electron chi connectivity index (χ1n) is 12.8. The van der Waals surface area contributed by atoms with Gasteiger partial charge in [-0.1, -0.05) is 49.4 Å². The highest BCUT2D eigenvalue weighted by atomic mass is 19.1. The molecular formula is C31H31FN2O2. The van der Waals surface area contributed by atoms with E-state index in [1.165, 1.54) is 18.9 Å². The lowest BCUT2D eigenvalue weighted by atomic mass is 9.50. The van der Waals surface area contributed by atoms with Gasteiger partial charge in [0.15, 0.2) is 0 Å². The number of rotatable bonds is 6. The molecule has 0 aliphatic heterocycles. The van der Waals surface area contributed by atoms with Gasteiger partial charge >= 0.3 is 0 Å². The maximum Gasteiger partial charge on any atom is 0.253 e. The summed E-state index contributed by atoms with van der Waals surface area (Å²) in [6.07, 6.45) is 6.55. The third kappa shape index (κ3) is 3.97. The number of hydrogen-bond donors (Lipinski definition) is 1. The van der Waals surface area contributed by atoms with Crippen LogP contribution in [0.3, 0.4) is 0 Å². The lowest BCUT2D eigenvalue weighted by Crippen LogP contribution is -2.55. The number of nitrogens with one attached hydrogen (secondary N) is 1. The third-order valence-electron chi connectivity index (χ3n) is 8.10. The van der Waals surface area contributed by atoms with E-state index >= 15 is 0 Å². The van der Waals surface area contributed by atoms with Gasteiger partial charge in [-0.05, 0) is 72.4 Å². The van der Waals surface area contributed by atoms with Gasteiger partial charge in [0.05, 0.1) is 18.2 Å². The van der Waals surface area contributed by atoms with E-state index < -0.39 is 0 Å². The molecule has 3 aromatic carbocycles. The molecular weight excluding hydrogens is 451 g/mol. The summed E-state index contributed by atoms with van der Waals surface area (Å²) < 4.78 is 22.1. The quantitative estimate of drug-likeness (QED) is 0.328. The normalized spacial score (nSPS) is 22.8. The lowest BCUT2D eigenvalue weighted by molar-refractivity contribution is -0.0399. The number of aromatic nitrogens is 1. The van der Waals surface area contributed by atoms with Gasteiger partial charge < -0.3 is 14.6 Å². The van der Waals surface area contributed by atoms with Crippen LogP contribution in [0.15, 0.2) is 72.9 Å². The van der Waals surface area contributed by atoms with Crippen LogP contribution >= 0.6 is 0 Å². The second-order valence-electron chi connectivity index (χ2n) is 10.8. The molecule has 1 aromatic heterocycles. The first-order valence-corrected chi connectivity index (χ1v) is 12.8. The second kappa shape index (κ2) is 8.81. The minimum atomic E-state index is -0.308. The third-order valence-corrected chi connectivity index (χ3v) is 8.10. The Morgan fingerprint density at radius 3 is 2.50 bits per heavy atom. The topological polar surface area (TPSA) is 43.3 Å². The SMILES string of the molecule is COc1ccccc1-c1ccc(Cn2ccc3c(F)ccc(C(=O)NC4CC5(CC(C)C5)C4)c32)cc1. The number of fused-ring (bicyclic) bond motifs is 1. The van der Waals surface area contributed by atoms with E-state index in [-0.39, 0.29) is 17.8 Å². The standard InChI is InChI=1S/C31H31FN2O2/c1-20-15-31(16-20)17-23(18-31)33-30(35)26-11-12-27(32)25-13-14-34(29(25)26)19-21-7-9-22(10-8-21)24-5-3-4-6-28(24)36-2/h3-14,20,23H,15-19H2,1-2H3,(H,33,35). The zero-order valence-electron chi connectivity index (χ0n) is 20.8. The van der Waals surface area contributed by atoms with Crippen molar-refractivity contribution in [3.63, 3.8) is 0 Å². The molecule has 1 amide bonds. The van der Waals surface area contributed by atoms with Crippen LogP contribution in [-0.4, -0.2) is 23.6 Å². The predicted octanol–water partition coefficient (Wildman–Crippen LogP) is 6.81. The number of ether oxygens (including phenoxy) is 1. The lowest BCUT2D eigenvalue weighted by Gasteiger charge is -2.57. The van der Waals surface area contributed by atoms with Crippen molar-refractivity contribution in [1.82, 2.24) is 9.88 Å². The van der Waals surface area contributed by atoms with Crippen molar-refractivity contribution in [2.75, 3.05) is 7.11 Å². The number of benzene rings is 3. The Kier molecular flexibility index (Phi) is 5.59. The van der Waals surface area contributed by atoms with E-state index in [4.69, 9.17) is 4.74 Å². The highest BCUT2D eigenvalue weighted by Crippen LogP contribution is 2.58. The molecule has 0 atom stereocenters. The van der Waals surface area contributed by atoms with Gasteiger partial charge in [0, 0.05) is 29.7 Å². The number of nitrogens with zero attached hydrogens (tertiary/aromatic N) is 1. The zero-order valence-corrected chi connectivity index (χ0v) is 20.8. The van der Waals surface area contributed by atoms with Gasteiger partial charge in [-0.25, -0.2) is 4.39 Å². The van der Waals surface area contributed by atoms with Gasteiger partial charge in [0.25, 0.3) is 5.91 Å². The van der Waals surface area contributed by atoms with Gasteiger partial charge in [-0.2, -0.15) is 0 Å². The molecule has 1 heterocycles. The highest BCUT2D eigenvalue weighted by molar-refractivity contribution is 6.06. The van der Waals surface area contributed by atoms with Crippen LogP contribution in [0.25, 0.3) is 22.0 Å². The van der Waals surface area contributed by atoms with Crippen molar-refractivity contribution in [3.05, 3.63) is 89.9 Å². The fraction of sp³-hybridized carbons (Fsp3) is 0.323. The number of hydrogen-bond acceptors (Lipinski definition) is 2. The molecule has 184 valence electrons. The maximum atomic E-state index is 14.7. The Balaban J connectivity index is 1.23. The smallest absolute Gasteiger partial charge is 0.253 e. The van der Waals surface area contributed by atoms with E-state index in [0.717, 1.165) is 41.2 Å². The Bertz CT molecular complexity index is 1420. The fourth-order valence-corrected chi connectivity index (χ4v) is 6.58. The summed E-state index contributed by atoms with van der Waals surface area (Å²) in [6.45, 7) is 2.84. The first-order chi connectivity index (χ1) is 17.4. The number of methoxy groups -OCH3 is 1. The van der Waals surface area contributed by atoms with Crippen molar-refractivity contribution >= 4 is 16.8 Å². The Morgan fingerprint density at radius 1 is 1.03 bits per heavy atom. The molecule has 0 unspecified atom stereocenters. The summed E-state index contributed by atoms with van der Waals surface area (Å²) in [4.78, 5) is 13.3. The van der Waals surface area contributed by atoms with Crippen molar-refractivity contribution < 1.29 is 13.9 Å². The summed E-state index contributed by atoms with van der Waals surface area (Å²) >= 11 is 0. The van der Waals surface area contributed by atoms with Crippen LogP contribution in [0.5, 0.6) is 5.75 Å². The van der Waals surface area contributed by atoms with E-state index in [1.54, 1.807) is 19.2 Å². The van der Waals surface area contributed by atoms with Gasteiger partial charge in [-0.15, -0.1) is 0 Å². The highest BCUT2D eigenvalue weighted by Gasteiger charge is 2.51. The Morgan fingerprint density at radius 2 is 1.78 bits per heavy atom. The largest absolute Gasteiger partial charge is 0.496 e. The summed E-state index contributed by atoms with van der Waals surface area (Å²) in [5.74, 6) is 1.22. The van der Waals surface area contributed by atoms with Crippen LogP contribution in [0.4, 0.5) is 4.39 Å². The van der Waals surface area contributed by atoms with Gasteiger partial charge in [-0.3, -0.25) is 4.79 Å². The minimum absolute atomic E-state index is 0.112. The van der Waals surface area contributed by atoms with Crippen LogP contribution < -0.4 is 10.1 Å². The Hall–Kier alpha value is -3.60. The molecule has 2 saturated carbocycles. The molecule has 4 nitrogen and oxygen atoms in total. The van der Waals surface area contributed by atoms with Crippen LogP contribution in [0, 0.1) is 17.2 Å². The summed E-state index contributed by atoms with van der Waals surface area (Å²) in [7, 11) is 1.67. The average Bonchev–Trinajstić information content (AvgIpc) is 3.27. The summed E-state index contributed by atoms with van der Waals surface area (Å²) in [5, 5.41) is 3.69. The molecule has 4 aromatic rings. The molecule has 1 N–H and O–H groups in total. The summed E-state index contributed by atoms with van der Waals surface area (Å²) in [6, 6.07) is 21.2. The van der Waals surface area contributed by atoms with E-state index in [2.05, 4.69) is 36.5 Å². The number of amides is 1. The van der Waals surface area contributed by atoms with Crippen molar-refractivity contribution in [2.45, 2.75) is 45.2 Å². The first kappa shape index (κ1) is 22.8. The van der Waals surface area contributed by atoms with E-state index in [9.17, 15) is 9.18 Å². The Labute approximate surface area is 211 Å². The van der Waals surface area contributed by atoms with E-state index in [0.29, 0.717) is 28.4 Å². The fourth-order valence-electron chi connectivity index (χ4n) is 6.58. The molecule has 36 heavy (non-hydrogen) atoms. The molecule has 5 heteroatoms. The zero-order chi connectivity index (χ0) is 24.9. The van der Waals surface area contributed by atoms with Crippen molar-refractivity contribution in [3.8, 4) is 16.9 Å². The molecule has 2 aliphatic rings. The van der Waals surface area contributed by atoms with Gasteiger partial charge in [0.1, 0.15) is 11.6 Å². The molecule has 0 radical (unpaired) electrons. The number of halogens is 1. The van der Waals surface area contributed by atoms with Crippen LogP contribution in [0.2, 0.25) is 0 Å². The van der Waals surface area contributed by atoms with E-state index in [1.807, 2.05) is 35.0 Å². The maximum absolute atomic E-state index is 14.7. The van der Waals surface area contributed by atoms with Crippen LogP contribution in [-0.2, 0) is 6.54 Å². The van der Waals surface area contributed by atoms with Crippen molar-refractivity contribution in [1.29, 1.82) is 0 Å². The predicted molar refractivity (Wildman–Crippen MR) is 141 cm³/mol. The monoisotopic (exact) mass is 482 g/mol. The number of carbonyl (C=O) groups is 1. The molecule has 2 aliphatic carbocycles. The van der Waals surface area contributed by atoms with Crippen molar-refractivity contribution in [2.24, 2.45) is 11.3 Å². The molecule has 2 fully saturated rings.